The molecule has 4 nitrogen and oxygen atoms in total. The molecule has 0 atom stereocenters. The first-order valence-electron chi connectivity index (χ1n) is 6.76. The van der Waals surface area contributed by atoms with Crippen LogP contribution in [0.3, 0.4) is 0 Å². The monoisotopic (exact) mass is 285 g/mol. The van der Waals surface area contributed by atoms with Gasteiger partial charge in [0.25, 0.3) is 0 Å². The average molecular weight is 285 g/mol. The van der Waals surface area contributed by atoms with E-state index in [1.807, 2.05) is 63.2 Å². The molecule has 0 aliphatic heterocycles. The van der Waals surface area contributed by atoms with E-state index in [-0.39, 0.29) is 0 Å². The van der Waals surface area contributed by atoms with Gasteiger partial charge < -0.3 is 5.32 Å². The minimum absolute atomic E-state index is 0.442. The molecule has 4 heteroatoms. The van der Waals surface area contributed by atoms with Crippen LogP contribution < -0.4 is 5.32 Å². The molecule has 0 aliphatic carbocycles. The molecular weight excluding hydrogens is 266 g/mol. The molecule has 21 heavy (non-hydrogen) atoms. The normalized spacial score (nSPS) is 11.0. The Morgan fingerprint density at radius 2 is 1.48 bits per heavy atom. The molecule has 0 aliphatic rings. The summed E-state index contributed by atoms with van der Waals surface area (Å²) in [5.74, 6) is -0.504. The van der Waals surface area contributed by atoms with Crippen LogP contribution in [0, 0.1) is 0 Å². The molecule has 2 aromatic carbocycles. The highest BCUT2D eigenvalue weighted by Crippen LogP contribution is 2.17. The Morgan fingerprint density at radius 1 is 0.905 bits per heavy atom. The second-order valence-electron chi connectivity index (χ2n) is 5.63. The van der Waals surface area contributed by atoms with Gasteiger partial charge in [-0.25, -0.2) is 4.79 Å². The third-order valence-electron chi connectivity index (χ3n) is 2.55. The summed E-state index contributed by atoms with van der Waals surface area (Å²) in [4.78, 5) is 21.6. The van der Waals surface area contributed by atoms with Gasteiger partial charge in [-0.1, -0.05) is 18.2 Å². The van der Waals surface area contributed by atoms with E-state index in [0.717, 1.165) is 11.4 Å². The number of rotatable bonds is 4. The van der Waals surface area contributed by atoms with Crippen LogP contribution in [0.15, 0.2) is 54.6 Å². The van der Waals surface area contributed by atoms with Crippen molar-refractivity contribution in [3.8, 4) is 0 Å². The highest BCUT2D eigenvalue weighted by molar-refractivity contribution is 5.89. The highest BCUT2D eigenvalue weighted by atomic mass is 17.2. The predicted octanol–water partition coefficient (Wildman–Crippen LogP) is 4.32. The summed E-state index contributed by atoms with van der Waals surface area (Å²) in [5, 5.41) is 3.24. The van der Waals surface area contributed by atoms with E-state index in [0.29, 0.717) is 5.56 Å². The van der Waals surface area contributed by atoms with Gasteiger partial charge in [-0.15, -0.1) is 0 Å². The van der Waals surface area contributed by atoms with Gasteiger partial charge in [0.05, 0.1) is 5.56 Å². The van der Waals surface area contributed by atoms with Gasteiger partial charge in [0, 0.05) is 11.4 Å². The van der Waals surface area contributed by atoms with Gasteiger partial charge in [0.1, 0.15) is 5.60 Å². The fraction of sp³-hybridized carbons (Fsp3) is 0.235. The van der Waals surface area contributed by atoms with Gasteiger partial charge in [0.15, 0.2) is 0 Å². The Morgan fingerprint density at radius 3 is 2.05 bits per heavy atom. The summed E-state index contributed by atoms with van der Waals surface area (Å²) in [6.45, 7) is 5.44. The molecule has 2 aromatic rings. The summed E-state index contributed by atoms with van der Waals surface area (Å²) >= 11 is 0. The van der Waals surface area contributed by atoms with Crippen molar-refractivity contribution in [2.45, 2.75) is 26.4 Å². The van der Waals surface area contributed by atoms with E-state index in [4.69, 9.17) is 9.78 Å². The molecule has 0 unspecified atom stereocenters. The molecule has 110 valence electrons. The third-order valence-corrected chi connectivity index (χ3v) is 2.55. The number of nitrogens with one attached hydrogen (secondary N) is 1. The smallest absolute Gasteiger partial charge is 0.356 e. The second kappa shape index (κ2) is 6.41. The fourth-order valence-electron chi connectivity index (χ4n) is 1.59. The molecule has 0 radical (unpaired) electrons. The first kappa shape index (κ1) is 15.1. The number of anilines is 2. The average Bonchev–Trinajstić information content (AvgIpc) is 2.46. The Kier molecular flexibility index (Phi) is 4.60. The van der Waals surface area contributed by atoms with Crippen molar-refractivity contribution in [2.24, 2.45) is 0 Å². The van der Waals surface area contributed by atoms with E-state index in [1.54, 1.807) is 12.1 Å². The van der Waals surface area contributed by atoms with Gasteiger partial charge in [0.2, 0.25) is 0 Å². The van der Waals surface area contributed by atoms with Crippen LogP contribution in [0.2, 0.25) is 0 Å². The van der Waals surface area contributed by atoms with Crippen LogP contribution >= 0.6 is 0 Å². The molecule has 2 rings (SSSR count). The zero-order valence-corrected chi connectivity index (χ0v) is 12.4. The number of hydrogen-bond donors (Lipinski definition) is 1. The van der Waals surface area contributed by atoms with Gasteiger partial charge >= 0.3 is 5.97 Å². The zero-order valence-electron chi connectivity index (χ0n) is 12.4. The number of carbonyl (C=O) groups is 1. The van der Waals surface area contributed by atoms with Crippen LogP contribution in [0.5, 0.6) is 0 Å². The van der Waals surface area contributed by atoms with Crippen LogP contribution in [0.1, 0.15) is 31.1 Å². The number of carbonyl (C=O) groups excluding carboxylic acids is 1. The van der Waals surface area contributed by atoms with Crippen molar-refractivity contribution >= 4 is 17.3 Å². The SMILES string of the molecule is CC(C)(C)OOC(=O)c1ccc(Nc2ccccc2)cc1. The van der Waals surface area contributed by atoms with E-state index in [1.165, 1.54) is 0 Å². The van der Waals surface area contributed by atoms with Crippen LogP contribution in [0.25, 0.3) is 0 Å². The fourth-order valence-corrected chi connectivity index (χ4v) is 1.59. The van der Waals surface area contributed by atoms with Crippen molar-refractivity contribution in [3.05, 3.63) is 60.2 Å². The molecule has 0 fully saturated rings. The van der Waals surface area contributed by atoms with Gasteiger partial charge in [-0.3, -0.25) is 4.89 Å². The lowest BCUT2D eigenvalue weighted by atomic mass is 10.2. The standard InChI is InChI=1S/C17H19NO3/c1-17(2,3)21-20-16(19)13-9-11-15(12-10-13)18-14-7-5-4-6-8-14/h4-12,18H,1-3H3. The Balaban J connectivity index is 1.97. The van der Waals surface area contributed by atoms with Crippen molar-refractivity contribution in [2.75, 3.05) is 5.32 Å². The third kappa shape index (κ3) is 4.93. The Hall–Kier alpha value is -2.33. The first-order valence-corrected chi connectivity index (χ1v) is 6.76. The lowest BCUT2D eigenvalue weighted by Gasteiger charge is -2.16. The molecule has 0 aromatic heterocycles. The topological polar surface area (TPSA) is 47.6 Å². The maximum Gasteiger partial charge on any atom is 0.373 e. The highest BCUT2D eigenvalue weighted by Gasteiger charge is 2.16. The van der Waals surface area contributed by atoms with E-state index >= 15 is 0 Å². The summed E-state index contributed by atoms with van der Waals surface area (Å²) in [5.41, 5.74) is 1.81. The predicted molar refractivity (Wildman–Crippen MR) is 82.4 cm³/mol. The lowest BCUT2D eigenvalue weighted by Crippen LogP contribution is -2.21. The van der Waals surface area contributed by atoms with Crippen LogP contribution in [-0.4, -0.2) is 11.6 Å². The second-order valence-corrected chi connectivity index (χ2v) is 5.63. The lowest BCUT2D eigenvalue weighted by molar-refractivity contribution is -0.301. The number of para-hydroxylation sites is 1. The van der Waals surface area contributed by atoms with Crippen LogP contribution in [0.4, 0.5) is 11.4 Å². The van der Waals surface area contributed by atoms with E-state index in [9.17, 15) is 4.79 Å². The molecule has 0 saturated heterocycles. The minimum atomic E-state index is -0.523. The summed E-state index contributed by atoms with van der Waals surface area (Å²) in [6.07, 6.45) is 0. The maximum absolute atomic E-state index is 11.8. The molecule has 0 spiro atoms. The summed E-state index contributed by atoms with van der Waals surface area (Å²) in [7, 11) is 0. The Labute approximate surface area is 124 Å². The molecule has 1 N–H and O–H groups in total. The molecule has 0 amide bonds. The van der Waals surface area contributed by atoms with Gasteiger partial charge in [-0.05, 0) is 57.2 Å². The van der Waals surface area contributed by atoms with Crippen LogP contribution in [-0.2, 0) is 9.78 Å². The largest absolute Gasteiger partial charge is 0.373 e. The van der Waals surface area contributed by atoms with Crippen molar-refractivity contribution in [3.63, 3.8) is 0 Å². The summed E-state index contributed by atoms with van der Waals surface area (Å²) in [6, 6.07) is 16.8. The minimum Gasteiger partial charge on any atom is -0.356 e. The number of hydrogen-bond acceptors (Lipinski definition) is 4. The van der Waals surface area contributed by atoms with Crippen molar-refractivity contribution in [1.29, 1.82) is 0 Å². The van der Waals surface area contributed by atoms with Crippen molar-refractivity contribution < 1.29 is 14.6 Å². The Bertz CT molecular complexity index is 586. The first-order chi connectivity index (χ1) is 9.94. The molecular formula is C17H19NO3. The van der Waals surface area contributed by atoms with Gasteiger partial charge in [-0.2, -0.15) is 4.89 Å². The van der Waals surface area contributed by atoms with E-state index in [2.05, 4.69) is 5.32 Å². The van der Waals surface area contributed by atoms with E-state index < -0.39 is 11.6 Å². The molecule has 0 saturated carbocycles. The molecule has 0 heterocycles. The quantitative estimate of drug-likeness (QED) is 0.671. The number of benzene rings is 2. The maximum atomic E-state index is 11.8. The summed E-state index contributed by atoms with van der Waals surface area (Å²) < 4.78 is 0. The zero-order chi connectivity index (χ0) is 15.3. The van der Waals surface area contributed by atoms with Crippen molar-refractivity contribution in [1.82, 2.24) is 0 Å². The molecule has 0 bridgehead atoms.